The maximum atomic E-state index is 12.9. The van der Waals surface area contributed by atoms with Crippen molar-refractivity contribution in [3.63, 3.8) is 0 Å². The second kappa shape index (κ2) is 9.80. The molecule has 28 heavy (non-hydrogen) atoms. The van der Waals surface area contributed by atoms with Gasteiger partial charge in [-0.25, -0.2) is 4.39 Å². The zero-order valence-corrected chi connectivity index (χ0v) is 15.9. The van der Waals surface area contributed by atoms with Crippen molar-refractivity contribution in [2.45, 2.75) is 12.8 Å². The number of nitrogens with zero attached hydrogens (tertiary/aromatic N) is 2. The Bertz CT molecular complexity index is 899. The van der Waals surface area contributed by atoms with Crippen LogP contribution in [0.5, 0.6) is 0 Å². The summed E-state index contributed by atoms with van der Waals surface area (Å²) < 4.78 is 12.9. The van der Waals surface area contributed by atoms with E-state index in [9.17, 15) is 9.18 Å². The molecule has 0 spiro atoms. The third-order valence-electron chi connectivity index (χ3n) is 4.14. The van der Waals surface area contributed by atoms with E-state index in [4.69, 9.17) is 11.6 Å². The molecule has 1 heterocycles. The van der Waals surface area contributed by atoms with E-state index in [1.165, 1.54) is 12.1 Å². The number of benzene rings is 2. The van der Waals surface area contributed by atoms with Crippen LogP contribution in [0.3, 0.4) is 0 Å². The molecule has 0 saturated carbocycles. The van der Waals surface area contributed by atoms with Crippen LogP contribution in [0.4, 0.5) is 10.2 Å². The van der Waals surface area contributed by atoms with Gasteiger partial charge in [-0.1, -0.05) is 35.9 Å². The standard InChI is InChI=1S/C21H20ClFN4O/c22-17-5-1-15(2-6-17)12-14-25-21(28)19-9-10-20(27-26-19)24-13-11-16-3-7-18(23)8-4-16/h1-10H,11-14H2,(H,24,27)(H,25,28). The fourth-order valence-electron chi connectivity index (χ4n) is 2.60. The minimum atomic E-state index is -0.265. The van der Waals surface area contributed by atoms with Crippen LogP contribution in [-0.4, -0.2) is 29.2 Å². The molecule has 2 N–H and O–H groups in total. The van der Waals surface area contributed by atoms with Gasteiger partial charge in [-0.15, -0.1) is 10.2 Å². The highest BCUT2D eigenvalue weighted by Crippen LogP contribution is 2.10. The lowest BCUT2D eigenvalue weighted by molar-refractivity contribution is 0.0948. The molecule has 0 aliphatic carbocycles. The molecule has 1 aromatic heterocycles. The highest BCUT2D eigenvalue weighted by Gasteiger charge is 2.07. The highest BCUT2D eigenvalue weighted by molar-refractivity contribution is 6.30. The molecule has 0 unspecified atom stereocenters. The van der Waals surface area contributed by atoms with Crippen molar-refractivity contribution in [3.05, 3.63) is 88.3 Å². The number of nitrogens with one attached hydrogen (secondary N) is 2. The molecule has 3 aromatic rings. The first kappa shape index (κ1) is 19.8. The largest absolute Gasteiger partial charge is 0.368 e. The highest BCUT2D eigenvalue weighted by atomic mass is 35.5. The molecule has 0 radical (unpaired) electrons. The molecule has 0 aliphatic heterocycles. The number of carbonyl (C=O) groups excluding carboxylic acids is 1. The maximum Gasteiger partial charge on any atom is 0.271 e. The van der Waals surface area contributed by atoms with Crippen molar-refractivity contribution < 1.29 is 9.18 Å². The summed E-state index contributed by atoms with van der Waals surface area (Å²) in [5.74, 6) is 0.0729. The van der Waals surface area contributed by atoms with E-state index in [1.807, 2.05) is 24.3 Å². The number of hydrogen-bond acceptors (Lipinski definition) is 4. The quantitative estimate of drug-likeness (QED) is 0.604. The molecule has 0 fully saturated rings. The Labute approximate surface area is 168 Å². The van der Waals surface area contributed by atoms with Gasteiger partial charge < -0.3 is 10.6 Å². The average molecular weight is 399 g/mol. The summed E-state index contributed by atoms with van der Waals surface area (Å²) in [5, 5.41) is 14.6. The van der Waals surface area contributed by atoms with Crippen LogP contribution in [0.25, 0.3) is 0 Å². The van der Waals surface area contributed by atoms with Crippen molar-refractivity contribution in [2.24, 2.45) is 0 Å². The van der Waals surface area contributed by atoms with Gasteiger partial charge in [-0.05, 0) is 60.4 Å². The van der Waals surface area contributed by atoms with Gasteiger partial charge in [0.05, 0.1) is 0 Å². The fourth-order valence-corrected chi connectivity index (χ4v) is 2.72. The summed E-state index contributed by atoms with van der Waals surface area (Å²) in [6, 6.07) is 17.2. The maximum absolute atomic E-state index is 12.9. The van der Waals surface area contributed by atoms with Crippen LogP contribution < -0.4 is 10.6 Å². The van der Waals surface area contributed by atoms with Gasteiger partial charge in [0.15, 0.2) is 5.69 Å². The first-order chi connectivity index (χ1) is 13.6. The molecule has 144 valence electrons. The summed E-state index contributed by atoms with van der Waals surface area (Å²) in [4.78, 5) is 12.1. The van der Waals surface area contributed by atoms with E-state index < -0.39 is 0 Å². The fraction of sp³-hybridized carbons (Fsp3) is 0.190. The number of aromatic nitrogens is 2. The van der Waals surface area contributed by atoms with E-state index in [-0.39, 0.29) is 17.4 Å². The molecule has 5 nitrogen and oxygen atoms in total. The second-order valence-electron chi connectivity index (χ2n) is 6.24. The molecule has 0 aliphatic rings. The lowest BCUT2D eigenvalue weighted by Gasteiger charge is -2.07. The van der Waals surface area contributed by atoms with Gasteiger partial charge in [0.2, 0.25) is 0 Å². The Kier molecular flexibility index (Phi) is 6.92. The normalized spacial score (nSPS) is 10.5. The van der Waals surface area contributed by atoms with E-state index >= 15 is 0 Å². The van der Waals surface area contributed by atoms with Gasteiger partial charge in [-0.3, -0.25) is 4.79 Å². The van der Waals surface area contributed by atoms with E-state index in [0.29, 0.717) is 30.4 Å². The van der Waals surface area contributed by atoms with Crippen molar-refractivity contribution in [2.75, 3.05) is 18.4 Å². The number of hydrogen-bond donors (Lipinski definition) is 2. The minimum absolute atomic E-state index is 0.246. The Balaban J connectivity index is 1.42. The van der Waals surface area contributed by atoms with Crippen molar-refractivity contribution in [3.8, 4) is 0 Å². The summed E-state index contributed by atoms with van der Waals surface area (Å²) in [5.41, 5.74) is 2.38. The van der Waals surface area contributed by atoms with E-state index in [1.54, 1.807) is 24.3 Å². The summed E-state index contributed by atoms with van der Waals surface area (Å²) in [7, 11) is 0. The van der Waals surface area contributed by atoms with Crippen molar-refractivity contribution >= 4 is 23.3 Å². The van der Waals surface area contributed by atoms with Crippen LogP contribution in [0.2, 0.25) is 5.02 Å². The van der Waals surface area contributed by atoms with Gasteiger partial charge in [-0.2, -0.15) is 0 Å². The lowest BCUT2D eigenvalue weighted by Crippen LogP contribution is -2.26. The van der Waals surface area contributed by atoms with Crippen molar-refractivity contribution in [1.82, 2.24) is 15.5 Å². The van der Waals surface area contributed by atoms with E-state index in [2.05, 4.69) is 20.8 Å². The van der Waals surface area contributed by atoms with Crippen LogP contribution in [0.1, 0.15) is 21.6 Å². The first-order valence-electron chi connectivity index (χ1n) is 8.95. The third kappa shape index (κ3) is 6.03. The molecule has 0 saturated heterocycles. The molecule has 0 bridgehead atoms. The zero-order valence-electron chi connectivity index (χ0n) is 15.2. The third-order valence-corrected chi connectivity index (χ3v) is 4.39. The average Bonchev–Trinajstić information content (AvgIpc) is 2.71. The molecule has 1 amide bonds. The van der Waals surface area contributed by atoms with E-state index in [0.717, 1.165) is 17.5 Å². The number of amides is 1. The number of halogens is 2. The molecule has 2 aromatic carbocycles. The zero-order chi connectivity index (χ0) is 19.8. The number of rotatable bonds is 8. The predicted molar refractivity (Wildman–Crippen MR) is 108 cm³/mol. The Morgan fingerprint density at radius 3 is 2.14 bits per heavy atom. The van der Waals surface area contributed by atoms with Gasteiger partial charge in [0.25, 0.3) is 5.91 Å². The van der Waals surface area contributed by atoms with Crippen LogP contribution in [0, 0.1) is 5.82 Å². The smallest absolute Gasteiger partial charge is 0.271 e. The summed E-state index contributed by atoms with van der Waals surface area (Å²) >= 11 is 5.85. The van der Waals surface area contributed by atoms with Gasteiger partial charge in [0.1, 0.15) is 11.6 Å². The van der Waals surface area contributed by atoms with Gasteiger partial charge in [0, 0.05) is 18.1 Å². The second-order valence-corrected chi connectivity index (χ2v) is 6.68. The summed E-state index contributed by atoms with van der Waals surface area (Å²) in [6.07, 6.45) is 1.44. The molecular weight excluding hydrogens is 379 g/mol. The minimum Gasteiger partial charge on any atom is -0.368 e. The molecule has 0 atom stereocenters. The molecule has 3 rings (SSSR count). The van der Waals surface area contributed by atoms with Crippen molar-refractivity contribution in [1.29, 1.82) is 0 Å². The molecule has 7 heteroatoms. The SMILES string of the molecule is O=C(NCCc1ccc(Cl)cc1)c1ccc(NCCc2ccc(F)cc2)nn1. The predicted octanol–water partition coefficient (Wildman–Crippen LogP) is 3.90. The number of carbonyl (C=O) groups is 1. The summed E-state index contributed by atoms with van der Waals surface area (Å²) in [6.45, 7) is 1.13. The number of anilines is 1. The Morgan fingerprint density at radius 1 is 0.857 bits per heavy atom. The first-order valence-corrected chi connectivity index (χ1v) is 9.32. The topological polar surface area (TPSA) is 66.9 Å². The van der Waals surface area contributed by atoms with Gasteiger partial charge >= 0.3 is 0 Å². The van der Waals surface area contributed by atoms with Crippen LogP contribution in [0.15, 0.2) is 60.7 Å². The molecular formula is C21H20ClFN4O. The Hall–Kier alpha value is -2.99. The lowest BCUT2D eigenvalue weighted by atomic mass is 10.1. The van der Waals surface area contributed by atoms with Crippen LogP contribution in [-0.2, 0) is 12.8 Å². The van der Waals surface area contributed by atoms with Crippen LogP contribution >= 0.6 is 11.6 Å². The Morgan fingerprint density at radius 2 is 1.50 bits per heavy atom. The monoisotopic (exact) mass is 398 g/mol.